The van der Waals surface area contributed by atoms with E-state index in [2.05, 4.69) is 5.10 Å². The highest BCUT2D eigenvalue weighted by Gasteiger charge is 2.25. The van der Waals surface area contributed by atoms with Gasteiger partial charge >= 0.3 is 0 Å². The molecule has 0 aliphatic heterocycles. The molecule has 7 heteroatoms. The van der Waals surface area contributed by atoms with Gasteiger partial charge < -0.3 is 5.73 Å². The van der Waals surface area contributed by atoms with Crippen LogP contribution in [0.25, 0.3) is 0 Å². The molecule has 0 spiro atoms. The van der Waals surface area contributed by atoms with Crippen molar-refractivity contribution >= 4 is 21.4 Å². The summed E-state index contributed by atoms with van der Waals surface area (Å²) >= 11 is 0. The Balaban J connectivity index is 2.48. The van der Waals surface area contributed by atoms with Gasteiger partial charge in [0.05, 0.1) is 11.9 Å². The summed E-state index contributed by atoms with van der Waals surface area (Å²) in [4.78, 5) is 0.177. The first-order valence-electron chi connectivity index (χ1n) is 6.32. The van der Waals surface area contributed by atoms with Crippen molar-refractivity contribution in [3.05, 3.63) is 36.7 Å². The molecule has 0 saturated carbocycles. The Bertz CT molecular complexity index is 694. The van der Waals surface area contributed by atoms with E-state index in [4.69, 9.17) is 5.73 Å². The van der Waals surface area contributed by atoms with Gasteiger partial charge in [-0.05, 0) is 24.6 Å². The van der Waals surface area contributed by atoms with E-state index in [1.54, 1.807) is 31.3 Å². The molecule has 6 nitrogen and oxygen atoms in total. The molecule has 0 unspecified atom stereocenters. The van der Waals surface area contributed by atoms with E-state index >= 15 is 0 Å². The van der Waals surface area contributed by atoms with E-state index in [0.29, 0.717) is 24.3 Å². The van der Waals surface area contributed by atoms with Crippen molar-refractivity contribution in [3.8, 4) is 0 Å². The number of nitrogen functional groups attached to an aromatic ring is 1. The van der Waals surface area contributed by atoms with Crippen LogP contribution >= 0.6 is 0 Å². The summed E-state index contributed by atoms with van der Waals surface area (Å²) in [6.45, 7) is 2.32. The molecule has 0 aliphatic rings. The molecule has 1 heterocycles. The van der Waals surface area contributed by atoms with Gasteiger partial charge in [-0.15, -0.1) is 0 Å². The molecule has 0 saturated heterocycles. The third-order valence-electron chi connectivity index (χ3n) is 2.85. The number of anilines is 2. The minimum absolute atomic E-state index is 0.177. The second kappa shape index (κ2) is 5.54. The van der Waals surface area contributed by atoms with Gasteiger partial charge in [-0.2, -0.15) is 5.10 Å². The molecule has 0 radical (unpaired) electrons. The van der Waals surface area contributed by atoms with Gasteiger partial charge in [0.25, 0.3) is 10.0 Å². The van der Waals surface area contributed by atoms with Crippen LogP contribution in [0.5, 0.6) is 0 Å². The Kier molecular flexibility index (Phi) is 3.99. The number of aryl methyl sites for hydroxylation is 1. The molecule has 0 atom stereocenters. The summed E-state index contributed by atoms with van der Waals surface area (Å²) in [7, 11) is -1.93. The van der Waals surface area contributed by atoms with E-state index in [1.807, 2.05) is 6.92 Å². The number of rotatable bonds is 5. The summed E-state index contributed by atoms with van der Waals surface area (Å²) < 4.78 is 28.2. The molecule has 2 aromatic rings. The molecule has 2 N–H and O–H groups in total. The highest BCUT2D eigenvalue weighted by Crippen LogP contribution is 2.25. The zero-order valence-electron chi connectivity index (χ0n) is 11.5. The van der Waals surface area contributed by atoms with Crippen LogP contribution in [0.1, 0.15) is 13.3 Å². The Labute approximate surface area is 118 Å². The third kappa shape index (κ3) is 2.77. The first-order chi connectivity index (χ1) is 9.45. The fourth-order valence-electron chi connectivity index (χ4n) is 1.93. The normalized spacial score (nSPS) is 11.5. The zero-order valence-corrected chi connectivity index (χ0v) is 12.3. The number of nitrogens with two attached hydrogens (primary N) is 1. The average Bonchev–Trinajstić information content (AvgIpc) is 2.83. The lowest BCUT2D eigenvalue weighted by Crippen LogP contribution is -2.31. The molecule has 0 bridgehead atoms. The monoisotopic (exact) mass is 294 g/mol. The molecule has 0 amide bonds. The lowest BCUT2D eigenvalue weighted by Gasteiger charge is -2.23. The van der Waals surface area contributed by atoms with Crippen LogP contribution in [0.3, 0.4) is 0 Å². The Morgan fingerprint density at radius 2 is 2.15 bits per heavy atom. The maximum Gasteiger partial charge on any atom is 0.267 e. The predicted octanol–water partition coefficient (Wildman–Crippen LogP) is 1.61. The summed E-state index contributed by atoms with van der Waals surface area (Å²) in [5.74, 6) is 0. The molecule has 20 heavy (non-hydrogen) atoms. The summed E-state index contributed by atoms with van der Waals surface area (Å²) in [6.07, 6.45) is 3.54. The van der Waals surface area contributed by atoms with Crippen molar-refractivity contribution in [3.63, 3.8) is 0 Å². The maximum atomic E-state index is 12.7. The second-order valence-corrected chi connectivity index (χ2v) is 6.38. The summed E-state index contributed by atoms with van der Waals surface area (Å²) in [5.41, 5.74) is 6.84. The molecule has 2 rings (SSSR count). The largest absolute Gasteiger partial charge is 0.399 e. The van der Waals surface area contributed by atoms with Gasteiger partial charge in [-0.3, -0.25) is 8.99 Å². The Morgan fingerprint density at radius 1 is 1.40 bits per heavy atom. The number of sulfonamides is 1. The predicted molar refractivity (Wildman–Crippen MR) is 78.9 cm³/mol. The molecule has 0 fully saturated rings. The highest BCUT2D eigenvalue weighted by atomic mass is 32.2. The Morgan fingerprint density at radius 3 is 2.70 bits per heavy atom. The van der Waals surface area contributed by atoms with Crippen LogP contribution in [0.2, 0.25) is 0 Å². The van der Waals surface area contributed by atoms with Crippen molar-refractivity contribution < 1.29 is 8.42 Å². The van der Waals surface area contributed by atoms with Crippen molar-refractivity contribution in [2.24, 2.45) is 7.05 Å². The number of hydrogen-bond acceptors (Lipinski definition) is 4. The SMILES string of the molecule is CCCN(c1cccc(N)c1)S(=O)(=O)c1cnn(C)c1. The van der Waals surface area contributed by atoms with Gasteiger partial charge in [0.15, 0.2) is 0 Å². The van der Waals surface area contributed by atoms with E-state index in [-0.39, 0.29) is 4.90 Å². The van der Waals surface area contributed by atoms with Crippen LogP contribution in [0.4, 0.5) is 11.4 Å². The maximum absolute atomic E-state index is 12.7. The van der Waals surface area contributed by atoms with Gasteiger partial charge in [0, 0.05) is 25.5 Å². The van der Waals surface area contributed by atoms with Crippen LogP contribution in [0, 0.1) is 0 Å². The minimum Gasteiger partial charge on any atom is -0.399 e. The first kappa shape index (κ1) is 14.4. The van der Waals surface area contributed by atoms with Gasteiger partial charge in [0.1, 0.15) is 4.90 Å². The van der Waals surface area contributed by atoms with Gasteiger partial charge in [-0.25, -0.2) is 8.42 Å². The third-order valence-corrected chi connectivity index (χ3v) is 4.63. The van der Waals surface area contributed by atoms with Crippen LogP contribution in [-0.2, 0) is 17.1 Å². The number of hydrogen-bond donors (Lipinski definition) is 1. The fraction of sp³-hybridized carbons (Fsp3) is 0.308. The molecular formula is C13H18N4O2S. The Hall–Kier alpha value is -2.02. The molecule has 1 aromatic heterocycles. The molecule has 1 aromatic carbocycles. The topological polar surface area (TPSA) is 81.2 Å². The lowest BCUT2D eigenvalue weighted by atomic mass is 10.3. The standard InChI is InChI=1S/C13H18N4O2S/c1-3-7-17(12-6-4-5-11(14)8-12)20(18,19)13-9-15-16(2)10-13/h4-6,8-10H,3,7,14H2,1-2H3. The van der Waals surface area contributed by atoms with Crippen molar-refractivity contribution in [2.45, 2.75) is 18.2 Å². The molecule has 0 aliphatic carbocycles. The van der Waals surface area contributed by atoms with Gasteiger partial charge in [-0.1, -0.05) is 13.0 Å². The van der Waals surface area contributed by atoms with Crippen molar-refractivity contribution in [1.29, 1.82) is 0 Å². The quantitative estimate of drug-likeness (QED) is 0.849. The van der Waals surface area contributed by atoms with E-state index in [9.17, 15) is 8.42 Å². The number of nitrogens with zero attached hydrogens (tertiary/aromatic N) is 3. The van der Waals surface area contributed by atoms with E-state index in [0.717, 1.165) is 0 Å². The molecule has 108 valence electrons. The number of aromatic nitrogens is 2. The van der Waals surface area contributed by atoms with Crippen molar-refractivity contribution in [1.82, 2.24) is 9.78 Å². The lowest BCUT2D eigenvalue weighted by molar-refractivity contribution is 0.590. The number of benzene rings is 1. The average molecular weight is 294 g/mol. The summed E-state index contributed by atoms with van der Waals surface area (Å²) in [5, 5.41) is 3.92. The minimum atomic E-state index is -3.62. The smallest absolute Gasteiger partial charge is 0.267 e. The van der Waals surface area contributed by atoms with E-state index in [1.165, 1.54) is 21.4 Å². The fourth-order valence-corrected chi connectivity index (χ4v) is 3.46. The molecular weight excluding hydrogens is 276 g/mol. The highest BCUT2D eigenvalue weighted by molar-refractivity contribution is 7.92. The second-order valence-electron chi connectivity index (χ2n) is 4.52. The van der Waals surface area contributed by atoms with Gasteiger partial charge in [0.2, 0.25) is 0 Å². The van der Waals surface area contributed by atoms with Crippen molar-refractivity contribution in [2.75, 3.05) is 16.6 Å². The van der Waals surface area contributed by atoms with E-state index < -0.39 is 10.0 Å². The van der Waals surface area contributed by atoms with Crippen LogP contribution in [-0.4, -0.2) is 24.7 Å². The van der Waals surface area contributed by atoms with Crippen LogP contribution < -0.4 is 10.0 Å². The summed E-state index contributed by atoms with van der Waals surface area (Å²) in [6, 6.07) is 6.86. The zero-order chi connectivity index (χ0) is 14.8. The van der Waals surface area contributed by atoms with Crippen LogP contribution in [0.15, 0.2) is 41.6 Å². The first-order valence-corrected chi connectivity index (χ1v) is 7.76.